The molecular weight excluding hydrogens is 230 g/mol. The molecule has 0 radical (unpaired) electrons. The molecule has 0 fully saturated rings. The molecule has 0 saturated heterocycles. The van der Waals surface area contributed by atoms with Crippen LogP contribution in [0.2, 0.25) is 0 Å². The number of aryl methyl sites for hydroxylation is 1. The van der Waals surface area contributed by atoms with Crippen molar-refractivity contribution < 1.29 is 17.0 Å². The number of thioether (sulfide) groups is 1. The van der Waals surface area contributed by atoms with Crippen molar-refractivity contribution in [1.29, 1.82) is 0 Å². The Kier molecular flexibility index (Phi) is 4.65. The Morgan fingerprint density at radius 3 is 2.73 bits per heavy atom. The lowest BCUT2D eigenvalue weighted by Crippen LogP contribution is -3.00. The van der Waals surface area contributed by atoms with Gasteiger partial charge in [0.2, 0.25) is 0 Å². The van der Waals surface area contributed by atoms with Crippen LogP contribution in [0.15, 0.2) is 41.9 Å². The Labute approximate surface area is 99.4 Å². The summed E-state index contributed by atoms with van der Waals surface area (Å²) in [6, 6.07) is 4.22. The topological polar surface area (TPSA) is 32.6 Å². The summed E-state index contributed by atoms with van der Waals surface area (Å²) in [5.74, 6) is 0.938. The normalized spacial score (nSPS) is 9.67. The van der Waals surface area contributed by atoms with Gasteiger partial charge in [0.15, 0.2) is 12.4 Å². The van der Waals surface area contributed by atoms with E-state index in [-0.39, 0.29) is 12.4 Å². The number of aromatic amines is 1. The van der Waals surface area contributed by atoms with E-state index in [2.05, 4.69) is 34.5 Å². The number of hydrogen-bond acceptors (Lipinski definition) is 2. The van der Waals surface area contributed by atoms with E-state index in [9.17, 15) is 0 Å². The van der Waals surface area contributed by atoms with Gasteiger partial charge in [0.05, 0.1) is 6.33 Å². The third kappa shape index (κ3) is 3.57. The van der Waals surface area contributed by atoms with Crippen LogP contribution in [0.4, 0.5) is 0 Å². The highest BCUT2D eigenvalue weighted by molar-refractivity contribution is 7.98. The lowest BCUT2D eigenvalue weighted by molar-refractivity contribution is -0.671. The second-order valence-corrected chi connectivity index (χ2v) is 4.11. The van der Waals surface area contributed by atoms with Crippen LogP contribution in [0.1, 0.15) is 5.69 Å². The van der Waals surface area contributed by atoms with Crippen molar-refractivity contribution in [2.24, 2.45) is 7.05 Å². The van der Waals surface area contributed by atoms with Gasteiger partial charge in [-0.05, 0) is 0 Å². The average molecular weight is 242 g/mol. The molecular formula is C10H12ClN3S. The first-order chi connectivity index (χ1) is 6.84. The predicted molar refractivity (Wildman–Crippen MR) is 55.8 cm³/mol. The summed E-state index contributed by atoms with van der Waals surface area (Å²) in [5.41, 5.74) is 1.16. The SMILES string of the molecule is C[n+]1ccc(SCc2cnc[nH]2)cc1.[Cl-]. The van der Waals surface area contributed by atoms with Gasteiger partial charge in [0.1, 0.15) is 7.05 Å². The first kappa shape index (κ1) is 12.1. The Balaban J connectivity index is 0.00000112. The number of halogens is 1. The van der Waals surface area contributed by atoms with Gasteiger partial charge >= 0.3 is 0 Å². The Hall–Kier alpha value is -1.00. The van der Waals surface area contributed by atoms with E-state index in [1.165, 1.54) is 4.90 Å². The van der Waals surface area contributed by atoms with Gasteiger partial charge in [-0.1, -0.05) is 0 Å². The molecule has 0 amide bonds. The predicted octanol–water partition coefficient (Wildman–Crippen LogP) is -1.47. The van der Waals surface area contributed by atoms with E-state index in [1.807, 2.05) is 17.8 Å². The highest BCUT2D eigenvalue weighted by Gasteiger charge is 1.98. The van der Waals surface area contributed by atoms with Crippen LogP contribution in [0.5, 0.6) is 0 Å². The molecule has 2 rings (SSSR count). The summed E-state index contributed by atoms with van der Waals surface area (Å²) < 4.78 is 2.03. The lowest BCUT2D eigenvalue weighted by Gasteiger charge is -1.97. The minimum absolute atomic E-state index is 0. The summed E-state index contributed by atoms with van der Waals surface area (Å²) in [5, 5.41) is 0. The first-order valence-electron chi connectivity index (χ1n) is 4.40. The maximum absolute atomic E-state index is 3.98. The van der Waals surface area contributed by atoms with E-state index < -0.39 is 0 Å². The van der Waals surface area contributed by atoms with Gasteiger partial charge in [0, 0.05) is 34.7 Å². The van der Waals surface area contributed by atoms with E-state index >= 15 is 0 Å². The molecule has 0 bridgehead atoms. The molecule has 0 aromatic carbocycles. The zero-order valence-electron chi connectivity index (χ0n) is 8.35. The fourth-order valence-corrected chi connectivity index (χ4v) is 1.90. The molecule has 0 atom stereocenters. The summed E-state index contributed by atoms with van der Waals surface area (Å²) in [6.45, 7) is 0. The van der Waals surface area contributed by atoms with Gasteiger partial charge < -0.3 is 17.4 Å². The molecule has 0 aliphatic carbocycles. The third-order valence-electron chi connectivity index (χ3n) is 1.90. The minimum atomic E-state index is 0. The average Bonchev–Trinajstić information content (AvgIpc) is 2.70. The maximum atomic E-state index is 3.98. The van der Waals surface area contributed by atoms with Crippen molar-refractivity contribution in [3.05, 3.63) is 42.7 Å². The molecule has 1 N–H and O–H groups in total. The molecule has 0 saturated carbocycles. The molecule has 0 aliphatic rings. The second kappa shape index (κ2) is 5.78. The van der Waals surface area contributed by atoms with Crippen LogP contribution < -0.4 is 17.0 Å². The van der Waals surface area contributed by atoms with Gasteiger partial charge in [-0.15, -0.1) is 11.8 Å². The van der Waals surface area contributed by atoms with E-state index in [0.717, 1.165) is 11.4 Å². The second-order valence-electron chi connectivity index (χ2n) is 3.06. The molecule has 0 spiro atoms. The van der Waals surface area contributed by atoms with Crippen molar-refractivity contribution in [2.45, 2.75) is 10.6 Å². The van der Waals surface area contributed by atoms with E-state index in [4.69, 9.17) is 0 Å². The number of nitrogens with zero attached hydrogens (tertiary/aromatic N) is 2. The van der Waals surface area contributed by atoms with Crippen molar-refractivity contribution in [2.75, 3.05) is 0 Å². The van der Waals surface area contributed by atoms with Crippen LogP contribution in [-0.2, 0) is 12.8 Å². The molecule has 2 aromatic heterocycles. The molecule has 2 heterocycles. The van der Waals surface area contributed by atoms with Crippen molar-refractivity contribution >= 4 is 11.8 Å². The van der Waals surface area contributed by atoms with Crippen molar-refractivity contribution in [1.82, 2.24) is 9.97 Å². The van der Waals surface area contributed by atoms with Crippen molar-refractivity contribution in [3.8, 4) is 0 Å². The van der Waals surface area contributed by atoms with Gasteiger partial charge in [0.25, 0.3) is 0 Å². The van der Waals surface area contributed by atoms with Crippen LogP contribution >= 0.6 is 11.8 Å². The maximum Gasteiger partial charge on any atom is 0.169 e. The molecule has 0 aliphatic heterocycles. The van der Waals surface area contributed by atoms with Crippen LogP contribution in [0, 0.1) is 0 Å². The Morgan fingerprint density at radius 2 is 2.13 bits per heavy atom. The summed E-state index contributed by atoms with van der Waals surface area (Å²) in [7, 11) is 2.02. The molecule has 3 nitrogen and oxygen atoms in total. The largest absolute Gasteiger partial charge is 1.00 e. The molecule has 5 heteroatoms. The number of imidazole rings is 1. The molecule has 2 aromatic rings. The van der Waals surface area contributed by atoms with Crippen LogP contribution in [-0.4, -0.2) is 9.97 Å². The number of pyridine rings is 1. The fourth-order valence-electron chi connectivity index (χ4n) is 1.11. The number of hydrogen-bond donors (Lipinski definition) is 1. The summed E-state index contributed by atoms with van der Waals surface area (Å²) in [4.78, 5) is 8.33. The van der Waals surface area contributed by atoms with E-state index in [0.29, 0.717) is 0 Å². The Bertz CT molecular complexity index is 386. The van der Waals surface area contributed by atoms with Gasteiger partial charge in [-0.3, -0.25) is 0 Å². The number of rotatable bonds is 3. The summed E-state index contributed by atoms with van der Waals surface area (Å²) >= 11 is 1.80. The highest BCUT2D eigenvalue weighted by Crippen LogP contribution is 2.19. The fraction of sp³-hybridized carbons (Fsp3) is 0.200. The Morgan fingerprint density at radius 1 is 1.40 bits per heavy atom. The van der Waals surface area contributed by atoms with Gasteiger partial charge in [-0.2, -0.15) is 0 Å². The zero-order valence-corrected chi connectivity index (χ0v) is 9.92. The van der Waals surface area contributed by atoms with Crippen LogP contribution in [0.3, 0.4) is 0 Å². The molecule has 0 unspecified atom stereocenters. The third-order valence-corrected chi connectivity index (χ3v) is 2.96. The van der Waals surface area contributed by atoms with Gasteiger partial charge in [-0.25, -0.2) is 9.55 Å². The standard InChI is InChI=1S/C10H12N3S.ClH/c1-13-4-2-10(3-5-13)14-7-9-6-11-8-12-9;/h2-6,8H,7H2,1H3,(H,11,12);1H/q+1;/p-1. The first-order valence-corrected chi connectivity index (χ1v) is 5.38. The number of aromatic nitrogens is 3. The smallest absolute Gasteiger partial charge is 0.169 e. The number of nitrogens with one attached hydrogen (secondary N) is 1. The highest BCUT2D eigenvalue weighted by atomic mass is 35.5. The monoisotopic (exact) mass is 241 g/mol. The molecule has 15 heavy (non-hydrogen) atoms. The lowest BCUT2D eigenvalue weighted by atomic mass is 10.5. The van der Waals surface area contributed by atoms with Crippen LogP contribution in [0.25, 0.3) is 0 Å². The van der Waals surface area contributed by atoms with Crippen molar-refractivity contribution in [3.63, 3.8) is 0 Å². The quantitative estimate of drug-likeness (QED) is 0.526. The number of H-pyrrole nitrogens is 1. The van der Waals surface area contributed by atoms with E-state index in [1.54, 1.807) is 18.1 Å². The zero-order chi connectivity index (χ0) is 9.80. The minimum Gasteiger partial charge on any atom is -1.00 e. The summed E-state index contributed by atoms with van der Waals surface area (Å²) in [6.07, 6.45) is 7.67. The molecule has 80 valence electrons.